The van der Waals surface area contributed by atoms with Crippen LogP contribution in [0.1, 0.15) is 60.8 Å². The molecule has 1 atom stereocenters. The van der Waals surface area contributed by atoms with Gasteiger partial charge in [-0.25, -0.2) is 0 Å². The van der Waals surface area contributed by atoms with Crippen LogP contribution in [0.15, 0.2) is 0 Å². The summed E-state index contributed by atoms with van der Waals surface area (Å²) in [6, 6.07) is 0.656. The van der Waals surface area contributed by atoms with Crippen molar-refractivity contribution in [1.29, 1.82) is 0 Å². The molecule has 0 aromatic carbocycles. The first-order valence-corrected chi connectivity index (χ1v) is 8.11. The number of amides is 1. The minimum Gasteiger partial charge on any atom is -0.368 e. The molecule has 0 fully saturated rings. The lowest BCUT2D eigenvalue weighted by Gasteiger charge is -2.33. The molecule has 0 aliphatic carbocycles. The molecule has 20 heavy (non-hydrogen) atoms. The summed E-state index contributed by atoms with van der Waals surface area (Å²) >= 11 is 0. The SMILES string of the molecule is CCC(CC)N(CCC(NC(C)C)C(N)=O)CC(C)C. The van der Waals surface area contributed by atoms with Crippen molar-refractivity contribution < 1.29 is 4.79 Å². The van der Waals surface area contributed by atoms with Crippen molar-refractivity contribution in [2.24, 2.45) is 11.7 Å². The Kier molecular flexibility index (Phi) is 9.86. The van der Waals surface area contributed by atoms with E-state index in [4.69, 9.17) is 5.73 Å². The van der Waals surface area contributed by atoms with Crippen LogP contribution in [0.4, 0.5) is 0 Å². The average Bonchev–Trinajstić information content (AvgIpc) is 2.33. The van der Waals surface area contributed by atoms with E-state index < -0.39 is 0 Å². The van der Waals surface area contributed by atoms with Crippen LogP contribution in [0.3, 0.4) is 0 Å². The van der Waals surface area contributed by atoms with Crippen molar-refractivity contribution in [3.63, 3.8) is 0 Å². The second kappa shape index (κ2) is 10.2. The topological polar surface area (TPSA) is 58.4 Å². The van der Waals surface area contributed by atoms with Crippen molar-refractivity contribution in [1.82, 2.24) is 10.2 Å². The summed E-state index contributed by atoms with van der Waals surface area (Å²) in [4.78, 5) is 14.0. The number of nitrogens with zero attached hydrogens (tertiary/aromatic N) is 1. The maximum Gasteiger partial charge on any atom is 0.234 e. The summed E-state index contributed by atoms with van der Waals surface area (Å²) in [6.45, 7) is 15.1. The lowest BCUT2D eigenvalue weighted by molar-refractivity contribution is -0.120. The maximum absolute atomic E-state index is 11.5. The van der Waals surface area contributed by atoms with Gasteiger partial charge < -0.3 is 16.0 Å². The molecule has 0 bridgehead atoms. The summed E-state index contributed by atoms with van der Waals surface area (Å²) in [5, 5.41) is 3.26. The molecular formula is C16H35N3O. The molecule has 0 saturated carbocycles. The van der Waals surface area contributed by atoms with Crippen molar-refractivity contribution in [2.45, 2.75) is 78.9 Å². The first kappa shape index (κ1) is 19.4. The predicted molar refractivity (Wildman–Crippen MR) is 86.7 cm³/mol. The number of carbonyl (C=O) groups is 1. The molecule has 0 heterocycles. The molecule has 0 aliphatic heterocycles. The van der Waals surface area contributed by atoms with Gasteiger partial charge in [-0.3, -0.25) is 4.79 Å². The number of nitrogens with two attached hydrogens (primary N) is 1. The van der Waals surface area contributed by atoms with Crippen LogP contribution in [0.5, 0.6) is 0 Å². The largest absolute Gasteiger partial charge is 0.368 e. The van der Waals surface area contributed by atoms with Crippen LogP contribution in [-0.2, 0) is 4.79 Å². The second-order valence-electron chi connectivity index (χ2n) is 6.42. The lowest BCUT2D eigenvalue weighted by Crippen LogP contribution is -2.47. The van der Waals surface area contributed by atoms with E-state index in [1.54, 1.807) is 0 Å². The van der Waals surface area contributed by atoms with Crippen molar-refractivity contribution in [3.8, 4) is 0 Å². The average molecular weight is 285 g/mol. The Morgan fingerprint density at radius 1 is 1.15 bits per heavy atom. The molecule has 0 saturated heterocycles. The lowest BCUT2D eigenvalue weighted by atomic mass is 10.1. The van der Waals surface area contributed by atoms with Crippen LogP contribution in [-0.4, -0.2) is 42.0 Å². The van der Waals surface area contributed by atoms with Crippen LogP contribution in [0.2, 0.25) is 0 Å². The molecule has 4 nitrogen and oxygen atoms in total. The smallest absolute Gasteiger partial charge is 0.234 e. The molecule has 0 aromatic heterocycles. The Hall–Kier alpha value is -0.610. The van der Waals surface area contributed by atoms with Gasteiger partial charge in [0.25, 0.3) is 0 Å². The molecular weight excluding hydrogens is 250 g/mol. The Labute approximate surface area is 125 Å². The van der Waals surface area contributed by atoms with Crippen molar-refractivity contribution >= 4 is 5.91 Å². The third kappa shape index (κ3) is 7.85. The van der Waals surface area contributed by atoms with Gasteiger partial charge in [0.05, 0.1) is 6.04 Å². The van der Waals surface area contributed by atoms with Gasteiger partial charge in [0.1, 0.15) is 0 Å². The normalized spacial score (nSPS) is 13.7. The molecule has 1 amide bonds. The summed E-state index contributed by atoms with van der Waals surface area (Å²) in [7, 11) is 0. The van der Waals surface area contributed by atoms with Crippen molar-refractivity contribution in [3.05, 3.63) is 0 Å². The molecule has 3 N–H and O–H groups in total. The Bertz CT molecular complexity index is 262. The minimum absolute atomic E-state index is 0.223. The molecule has 0 aliphatic rings. The maximum atomic E-state index is 11.5. The van der Waals surface area contributed by atoms with Gasteiger partial charge in [0, 0.05) is 25.2 Å². The quantitative estimate of drug-likeness (QED) is 0.613. The molecule has 0 radical (unpaired) electrons. The highest BCUT2D eigenvalue weighted by molar-refractivity contribution is 5.79. The van der Waals surface area contributed by atoms with E-state index in [1.165, 1.54) is 0 Å². The minimum atomic E-state index is -0.243. The first-order chi connectivity index (χ1) is 9.31. The number of nitrogens with one attached hydrogen (secondary N) is 1. The summed E-state index contributed by atoms with van der Waals surface area (Å²) < 4.78 is 0. The highest BCUT2D eigenvalue weighted by Crippen LogP contribution is 2.13. The second-order valence-corrected chi connectivity index (χ2v) is 6.42. The number of rotatable bonds is 11. The van der Waals surface area contributed by atoms with E-state index >= 15 is 0 Å². The Morgan fingerprint density at radius 3 is 2.05 bits per heavy atom. The first-order valence-electron chi connectivity index (χ1n) is 8.11. The third-order valence-corrected chi connectivity index (χ3v) is 3.64. The highest BCUT2D eigenvalue weighted by atomic mass is 16.1. The number of hydrogen-bond acceptors (Lipinski definition) is 3. The molecule has 1 unspecified atom stereocenters. The molecule has 0 rings (SSSR count). The Balaban J connectivity index is 4.58. The number of primary amides is 1. The fourth-order valence-corrected chi connectivity index (χ4v) is 2.70. The zero-order valence-electron chi connectivity index (χ0n) is 14.3. The standard InChI is InChI=1S/C16H35N3O/c1-7-14(8-2)19(11-12(3)4)10-9-15(16(17)20)18-13(5)6/h12-15,18H,7-11H2,1-6H3,(H2,17,20). The monoisotopic (exact) mass is 285 g/mol. The van der Waals surface area contributed by atoms with E-state index in [-0.39, 0.29) is 18.0 Å². The predicted octanol–water partition coefficient (Wildman–Crippen LogP) is 2.38. The van der Waals surface area contributed by atoms with Gasteiger partial charge in [-0.2, -0.15) is 0 Å². The van der Waals surface area contributed by atoms with Crippen molar-refractivity contribution in [2.75, 3.05) is 13.1 Å². The van der Waals surface area contributed by atoms with Crippen LogP contribution in [0.25, 0.3) is 0 Å². The molecule has 4 heteroatoms. The van der Waals surface area contributed by atoms with E-state index in [0.29, 0.717) is 12.0 Å². The molecule has 120 valence electrons. The summed E-state index contributed by atoms with van der Waals surface area (Å²) in [5.74, 6) is 0.397. The van der Waals surface area contributed by atoms with Crippen LogP contribution in [0, 0.1) is 5.92 Å². The zero-order chi connectivity index (χ0) is 15.7. The number of hydrogen-bond donors (Lipinski definition) is 2. The molecule has 0 aromatic rings. The zero-order valence-corrected chi connectivity index (χ0v) is 14.3. The number of carbonyl (C=O) groups excluding carboxylic acids is 1. The van der Waals surface area contributed by atoms with E-state index in [9.17, 15) is 4.79 Å². The van der Waals surface area contributed by atoms with Gasteiger partial charge in [0.15, 0.2) is 0 Å². The van der Waals surface area contributed by atoms with Gasteiger partial charge in [-0.1, -0.05) is 41.5 Å². The molecule has 0 spiro atoms. The van der Waals surface area contributed by atoms with E-state index in [0.717, 1.165) is 32.4 Å². The van der Waals surface area contributed by atoms with Gasteiger partial charge >= 0.3 is 0 Å². The van der Waals surface area contributed by atoms with Gasteiger partial charge in [0.2, 0.25) is 5.91 Å². The van der Waals surface area contributed by atoms with Crippen LogP contribution >= 0.6 is 0 Å². The fraction of sp³-hybridized carbons (Fsp3) is 0.938. The summed E-state index contributed by atoms with van der Waals surface area (Å²) in [6.07, 6.45) is 3.10. The highest BCUT2D eigenvalue weighted by Gasteiger charge is 2.21. The fourth-order valence-electron chi connectivity index (χ4n) is 2.70. The van der Waals surface area contributed by atoms with Crippen LogP contribution < -0.4 is 11.1 Å². The van der Waals surface area contributed by atoms with Gasteiger partial charge in [-0.05, 0) is 25.2 Å². The Morgan fingerprint density at radius 2 is 1.70 bits per heavy atom. The van der Waals surface area contributed by atoms with E-state index in [1.807, 2.05) is 13.8 Å². The summed E-state index contributed by atoms with van der Waals surface area (Å²) in [5.41, 5.74) is 5.49. The third-order valence-electron chi connectivity index (χ3n) is 3.64. The van der Waals surface area contributed by atoms with Gasteiger partial charge in [-0.15, -0.1) is 0 Å². The van der Waals surface area contributed by atoms with E-state index in [2.05, 4.69) is 37.9 Å².